The fourth-order valence-corrected chi connectivity index (χ4v) is 3.24. The first-order valence-electron chi connectivity index (χ1n) is 5.14. The monoisotopic (exact) mass is 228 g/mol. The first-order chi connectivity index (χ1) is 7.68. The van der Waals surface area contributed by atoms with E-state index in [0.29, 0.717) is 0 Å². The molecule has 0 unspecified atom stereocenters. The van der Waals surface area contributed by atoms with Crippen LogP contribution >= 0.6 is 11.3 Å². The number of rotatable bonds is 0. The Kier molecular flexibility index (Phi) is 1.85. The summed E-state index contributed by atoms with van der Waals surface area (Å²) in [5.74, 6) is 0. The molecule has 2 aromatic carbocycles. The molecular weight excluding hydrogens is 216 g/mol. The predicted molar refractivity (Wildman–Crippen MR) is 72.9 cm³/mol. The van der Waals surface area contributed by atoms with Crippen molar-refractivity contribution >= 4 is 42.9 Å². The molecule has 0 amide bonds. The normalized spacial score (nSPS) is 11.3. The molecule has 3 aromatic rings. The molecule has 16 heavy (non-hydrogen) atoms. The Hall–Kier alpha value is -1.74. The molecule has 0 fully saturated rings. The number of nitrogen functional groups attached to an aromatic ring is 2. The topological polar surface area (TPSA) is 52.0 Å². The largest absolute Gasteiger partial charge is 0.398 e. The van der Waals surface area contributed by atoms with E-state index in [-0.39, 0.29) is 0 Å². The highest BCUT2D eigenvalue weighted by Crippen LogP contribution is 2.41. The molecule has 0 aliphatic rings. The lowest BCUT2D eigenvalue weighted by Gasteiger charge is -2.04. The zero-order valence-electron chi connectivity index (χ0n) is 8.95. The third-order valence-corrected chi connectivity index (χ3v) is 4.14. The number of fused-ring (bicyclic) bond motifs is 3. The molecule has 0 aliphatic carbocycles. The minimum absolute atomic E-state index is 0.822. The van der Waals surface area contributed by atoms with E-state index in [1.807, 2.05) is 25.1 Å². The number of hydrogen-bond donors (Lipinski definition) is 2. The Bertz CT molecular complexity index is 698. The molecule has 1 aromatic heterocycles. The number of nitrogens with two attached hydrogens (primary N) is 2. The second-order valence-corrected chi connectivity index (χ2v) is 5.05. The van der Waals surface area contributed by atoms with Crippen LogP contribution in [0.1, 0.15) is 5.56 Å². The van der Waals surface area contributed by atoms with Gasteiger partial charge in [0.1, 0.15) is 0 Å². The summed E-state index contributed by atoms with van der Waals surface area (Å²) in [6.45, 7) is 2.00. The summed E-state index contributed by atoms with van der Waals surface area (Å²) in [6.07, 6.45) is 0. The average Bonchev–Trinajstić information content (AvgIpc) is 2.66. The Balaban J connectivity index is 2.66. The van der Waals surface area contributed by atoms with Crippen LogP contribution in [-0.4, -0.2) is 0 Å². The molecule has 0 saturated carbocycles. The number of anilines is 2. The quantitative estimate of drug-likeness (QED) is 0.578. The van der Waals surface area contributed by atoms with Gasteiger partial charge in [0.25, 0.3) is 0 Å². The first kappa shape index (κ1) is 9.48. The minimum Gasteiger partial charge on any atom is -0.398 e. The summed E-state index contributed by atoms with van der Waals surface area (Å²) >= 11 is 1.71. The fourth-order valence-electron chi connectivity index (χ4n) is 2.09. The van der Waals surface area contributed by atoms with Gasteiger partial charge in [-0.15, -0.1) is 11.3 Å². The smallest absolute Gasteiger partial charge is 0.0605 e. The van der Waals surface area contributed by atoms with E-state index in [1.54, 1.807) is 11.3 Å². The van der Waals surface area contributed by atoms with Gasteiger partial charge in [-0.3, -0.25) is 0 Å². The van der Waals surface area contributed by atoms with Gasteiger partial charge >= 0.3 is 0 Å². The van der Waals surface area contributed by atoms with E-state index in [2.05, 4.69) is 12.1 Å². The van der Waals surface area contributed by atoms with Crippen LogP contribution in [0, 0.1) is 6.92 Å². The summed E-state index contributed by atoms with van der Waals surface area (Å²) in [7, 11) is 0. The molecule has 4 N–H and O–H groups in total. The molecule has 3 rings (SSSR count). The van der Waals surface area contributed by atoms with E-state index in [4.69, 9.17) is 11.5 Å². The van der Waals surface area contributed by atoms with Gasteiger partial charge in [-0.2, -0.15) is 0 Å². The molecule has 0 bridgehead atoms. The van der Waals surface area contributed by atoms with Gasteiger partial charge in [-0.25, -0.2) is 0 Å². The first-order valence-corrected chi connectivity index (χ1v) is 5.96. The lowest BCUT2D eigenvalue weighted by molar-refractivity contribution is 1.51. The van der Waals surface area contributed by atoms with Crippen LogP contribution in [0.3, 0.4) is 0 Å². The Morgan fingerprint density at radius 2 is 1.88 bits per heavy atom. The summed E-state index contributed by atoms with van der Waals surface area (Å²) in [5.41, 5.74) is 14.9. The summed E-state index contributed by atoms with van der Waals surface area (Å²) in [6, 6.07) is 10.2. The maximum Gasteiger partial charge on any atom is 0.0605 e. The van der Waals surface area contributed by atoms with Crippen molar-refractivity contribution in [3.05, 3.63) is 35.9 Å². The predicted octanol–water partition coefficient (Wildman–Crippen LogP) is 3.53. The summed E-state index contributed by atoms with van der Waals surface area (Å²) in [5, 5.41) is 2.31. The number of aryl methyl sites for hydroxylation is 1. The van der Waals surface area contributed by atoms with Gasteiger partial charge in [-0.1, -0.05) is 18.2 Å². The SMILES string of the molecule is Cc1cc(N)c2sc3ccccc3c2c1N. The molecule has 0 radical (unpaired) electrons. The van der Waals surface area contributed by atoms with Crippen molar-refractivity contribution in [3.8, 4) is 0 Å². The van der Waals surface area contributed by atoms with Gasteiger partial charge in [0, 0.05) is 26.8 Å². The van der Waals surface area contributed by atoms with Crippen LogP contribution in [0.4, 0.5) is 11.4 Å². The maximum atomic E-state index is 6.15. The van der Waals surface area contributed by atoms with Crippen LogP contribution in [0.15, 0.2) is 30.3 Å². The van der Waals surface area contributed by atoms with Crippen molar-refractivity contribution in [3.63, 3.8) is 0 Å². The second-order valence-electron chi connectivity index (χ2n) is 4.00. The zero-order chi connectivity index (χ0) is 11.3. The van der Waals surface area contributed by atoms with Gasteiger partial charge < -0.3 is 11.5 Å². The molecule has 80 valence electrons. The van der Waals surface area contributed by atoms with E-state index < -0.39 is 0 Å². The van der Waals surface area contributed by atoms with Crippen LogP contribution < -0.4 is 11.5 Å². The van der Waals surface area contributed by atoms with Crippen LogP contribution in [-0.2, 0) is 0 Å². The third kappa shape index (κ3) is 1.12. The van der Waals surface area contributed by atoms with Crippen molar-refractivity contribution in [2.24, 2.45) is 0 Å². The standard InChI is InChI=1S/C13H12N2S/c1-7-6-9(14)13-11(12(7)15)8-4-2-3-5-10(8)16-13/h2-6H,14-15H2,1H3. The third-order valence-electron chi connectivity index (χ3n) is 2.92. The zero-order valence-corrected chi connectivity index (χ0v) is 9.77. The number of thiophene rings is 1. The van der Waals surface area contributed by atoms with Crippen LogP contribution in [0.5, 0.6) is 0 Å². The maximum absolute atomic E-state index is 6.15. The fraction of sp³-hybridized carbons (Fsp3) is 0.0769. The van der Waals surface area contributed by atoms with Crippen LogP contribution in [0.2, 0.25) is 0 Å². The van der Waals surface area contributed by atoms with E-state index in [9.17, 15) is 0 Å². The molecule has 0 atom stereocenters. The second kappa shape index (κ2) is 3.12. The number of hydrogen-bond acceptors (Lipinski definition) is 3. The summed E-state index contributed by atoms with van der Waals surface area (Å²) in [4.78, 5) is 0. The molecule has 0 saturated heterocycles. The molecule has 0 aliphatic heterocycles. The lowest BCUT2D eigenvalue weighted by atomic mass is 10.1. The van der Waals surface area contributed by atoms with Crippen molar-refractivity contribution < 1.29 is 0 Å². The van der Waals surface area contributed by atoms with Crippen molar-refractivity contribution in [1.82, 2.24) is 0 Å². The lowest BCUT2D eigenvalue weighted by Crippen LogP contribution is -1.93. The van der Waals surface area contributed by atoms with E-state index in [1.165, 1.54) is 10.1 Å². The average molecular weight is 228 g/mol. The minimum atomic E-state index is 0.822. The highest BCUT2D eigenvalue weighted by molar-refractivity contribution is 7.26. The molecule has 0 spiro atoms. The molecule has 3 heteroatoms. The van der Waals surface area contributed by atoms with Crippen LogP contribution in [0.25, 0.3) is 20.2 Å². The van der Waals surface area contributed by atoms with Crippen molar-refractivity contribution in [1.29, 1.82) is 0 Å². The molecule has 2 nitrogen and oxygen atoms in total. The highest BCUT2D eigenvalue weighted by Gasteiger charge is 2.11. The van der Waals surface area contributed by atoms with Gasteiger partial charge in [0.05, 0.1) is 4.70 Å². The molecular formula is C13H12N2S. The Labute approximate surface area is 97.5 Å². The van der Waals surface area contributed by atoms with E-state index in [0.717, 1.165) is 27.0 Å². The van der Waals surface area contributed by atoms with Gasteiger partial charge in [0.15, 0.2) is 0 Å². The highest BCUT2D eigenvalue weighted by atomic mass is 32.1. The van der Waals surface area contributed by atoms with E-state index >= 15 is 0 Å². The molecule has 1 heterocycles. The number of benzene rings is 2. The van der Waals surface area contributed by atoms with Gasteiger partial charge in [0.2, 0.25) is 0 Å². The van der Waals surface area contributed by atoms with Crippen molar-refractivity contribution in [2.75, 3.05) is 11.5 Å². The van der Waals surface area contributed by atoms with Gasteiger partial charge in [-0.05, 0) is 24.6 Å². The van der Waals surface area contributed by atoms with Crippen molar-refractivity contribution in [2.45, 2.75) is 6.92 Å². The Morgan fingerprint density at radius 1 is 1.12 bits per heavy atom. The Morgan fingerprint density at radius 3 is 2.69 bits per heavy atom. The summed E-state index contributed by atoms with van der Waals surface area (Å²) < 4.78 is 2.34.